The lowest BCUT2D eigenvalue weighted by molar-refractivity contribution is -0.210. The minimum Gasteiger partial charge on any atom is -0.409 e. The van der Waals surface area contributed by atoms with E-state index in [9.17, 15) is 0 Å². The molecule has 0 bridgehead atoms. The zero-order valence-electron chi connectivity index (χ0n) is 21.5. The van der Waals surface area contributed by atoms with Crippen molar-refractivity contribution < 1.29 is 13.9 Å². The lowest BCUT2D eigenvalue weighted by atomic mass is 10.0. The Morgan fingerprint density at radius 2 is 1.60 bits per heavy atom. The Bertz CT molecular complexity index is 1090. The first kappa shape index (κ1) is 25.9. The fraction of sp³-hybridized carbons (Fsp3) is 0.429. The average molecular weight is 509 g/mol. The van der Waals surface area contributed by atoms with Crippen molar-refractivity contribution in [3.8, 4) is 22.5 Å². The summed E-state index contributed by atoms with van der Waals surface area (Å²) in [6.45, 7) is 11.3. The van der Waals surface area contributed by atoms with Gasteiger partial charge in [-0.2, -0.15) is 0 Å². The number of rotatable bonds is 7. The van der Waals surface area contributed by atoms with Crippen molar-refractivity contribution in [1.29, 1.82) is 0 Å². The fourth-order valence-electron chi connectivity index (χ4n) is 4.10. The molecule has 5 nitrogen and oxygen atoms in total. The van der Waals surface area contributed by atoms with Crippen LogP contribution >= 0.6 is 12.2 Å². The van der Waals surface area contributed by atoms with Gasteiger partial charge in [-0.1, -0.05) is 93.7 Å². The standard InChI is InChI=1S/C28H36N2O3SSi/c1-28(2,3)35(5,6)33-22-18-17-21(32-27(22)31-4)25(34)26-29-23(19-13-9-7-10-14-19)24(30-26)20-15-11-8-12-16-20/h7-16,21-22,27H,17-18H2,1-6H3,(H,29,30). The van der Waals surface area contributed by atoms with E-state index in [4.69, 9.17) is 31.1 Å². The van der Waals surface area contributed by atoms with Crippen LogP contribution in [0.3, 0.4) is 0 Å². The van der Waals surface area contributed by atoms with Gasteiger partial charge >= 0.3 is 0 Å². The van der Waals surface area contributed by atoms with Crippen molar-refractivity contribution in [2.75, 3.05) is 7.11 Å². The van der Waals surface area contributed by atoms with Gasteiger partial charge in [-0.25, -0.2) is 4.98 Å². The average Bonchev–Trinajstić information content (AvgIpc) is 3.29. The van der Waals surface area contributed by atoms with Gasteiger partial charge in [0.1, 0.15) is 5.82 Å². The quantitative estimate of drug-likeness (QED) is 0.211. The van der Waals surface area contributed by atoms with Crippen LogP contribution in [0.2, 0.25) is 18.1 Å². The molecule has 0 spiro atoms. The van der Waals surface area contributed by atoms with Crippen molar-refractivity contribution in [1.82, 2.24) is 9.97 Å². The molecule has 1 aromatic heterocycles. The van der Waals surface area contributed by atoms with E-state index in [1.807, 2.05) is 36.4 Å². The molecule has 1 aliphatic heterocycles. The van der Waals surface area contributed by atoms with Crippen LogP contribution in [0.15, 0.2) is 60.7 Å². The van der Waals surface area contributed by atoms with Crippen LogP contribution in [-0.4, -0.2) is 48.8 Å². The molecule has 3 atom stereocenters. The number of benzene rings is 2. The van der Waals surface area contributed by atoms with E-state index in [2.05, 4.69) is 63.1 Å². The van der Waals surface area contributed by atoms with Crippen LogP contribution < -0.4 is 0 Å². The first-order chi connectivity index (χ1) is 16.6. The molecule has 1 fully saturated rings. The Kier molecular flexibility index (Phi) is 7.73. The molecule has 0 amide bonds. The number of thiocarbonyl (C=S) groups is 1. The molecule has 2 aromatic carbocycles. The predicted octanol–water partition coefficient (Wildman–Crippen LogP) is 7.00. The molecular formula is C28H36N2O3SSi. The zero-order valence-corrected chi connectivity index (χ0v) is 23.3. The van der Waals surface area contributed by atoms with Gasteiger partial charge in [-0.3, -0.25) is 0 Å². The SMILES string of the molecule is COC1OC(C(=S)c2nc(-c3ccccc3)c(-c3ccccc3)[nH]2)CCC1O[Si](C)(C)C(C)(C)C. The molecule has 186 valence electrons. The number of methoxy groups -OCH3 is 1. The van der Waals surface area contributed by atoms with Crippen molar-refractivity contribution in [2.24, 2.45) is 0 Å². The molecule has 3 unspecified atom stereocenters. The largest absolute Gasteiger partial charge is 0.409 e. The molecule has 1 aliphatic rings. The van der Waals surface area contributed by atoms with Crippen LogP contribution in [0.25, 0.3) is 22.5 Å². The van der Waals surface area contributed by atoms with E-state index in [0.717, 1.165) is 35.4 Å². The van der Waals surface area contributed by atoms with Crippen molar-refractivity contribution in [2.45, 2.75) is 70.2 Å². The van der Waals surface area contributed by atoms with Crippen LogP contribution in [0.5, 0.6) is 0 Å². The van der Waals surface area contributed by atoms with Gasteiger partial charge in [0.05, 0.1) is 28.5 Å². The summed E-state index contributed by atoms with van der Waals surface area (Å²) >= 11 is 5.92. The summed E-state index contributed by atoms with van der Waals surface area (Å²) in [4.78, 5) is 9.11. The van der Waals surface area contributed by atoms with E-state index >= 15 is 0 Å². The second kappa shape index (κ2) is 10.4. The van der Waals surface area contributed by atoms with E-state index in [1.165, 1.54) is 0 Å². The van der Waals surface area contributed by atoms with Gasteiger partial charge in [0.15, 0.2) is 14.6 Å². The minimum absolute atomic E-state index is 0.101. The van der Waals surface area contributed by atoms with Gasteiger partial charge in [0.2, 0.25) is 0 Å². The van der Waals surface area contributed by atoms with Gasteiger partial charge in [-0.15, -0.1) is 0 Å². The first-order valence-electron chi connectivity index (χ1n) is 12.2. The van der Waals surface area contributed by atoms with Crippen molar-refractivity contribution in [3.05, 3.63) is 66.5 Å². The molecule has 4 rings (SSSR count). The molecular weight excluding hydrogens is 472 g/mol. The highest BCUT2D eigenvalue weighted by molar-refractivity contribution is 7.81. The second-order valence-corrected chi connectivity index (χ2v) is 15.8. The summed E-state index contributed by atoms with van der Waals surface area (Å²) in [6, 6.07) is 20.4. The molecule has 2 heterocycles. The van der Waals surface area contributed by atoms with Gasteiger partial charge < -0.3 is 18.9 Å². The summed E-state index contributed by atoms with van der Waals surface area (Å²) in [5.41, 5.74) is 3.94. The third-order valence-electron chi connectivity index (χ3n) is 7.14. The van der Waals surface area contributed by atoms with Gasteiger partial charge in [0.25, 0.3) is 0 Å². The molecule has 7 heteroatoms. The molecule has 3 aromatic rings. The lowest BCUT2D eigenvalue weighted by Gasteiger charge is -2.43. The Balaban J connectivity index is 1.58. The van der Waals surface area contributed by atoms with Gasteiger partial charge in [-0.05, 0) is 31.0 Å². The van der Waals surface area contributed by atoms with Crippen LogP contribution in [0.1, 0.15) is 39.4 Å². The normalized spacial score (nSPS) is 21.1. The molecule has 1 saturated heterocycles. The van der Waals surface area contributed by atoms with Crippen LogP contribution in [0, 0.1) is 0 Å². The van der Waals surface area contributed by atoms with Crippen molar-refractivity contribution in [3.63, 3.8) is 0 Å². The molecule has 0 saturated carbocycles. The Morgan fingerprint density at radius 1 is 1.00 bits per heavy atom. The fourth-order valence-corrected chi connectivity index (χ4v) is 5.71. The number of hydrogen-bond acceptors (Lipinski definition) is 5. The zero-order chi connectivity index (χ0) is 25.2. The molecule has 0 radical (unpaired) electrons. The number of hydrogen-bond donors (Lipinski definition) is 1. The number of H-pyrrole nitrogens is 1. The molecule has 0 aliphatic carbocycles. The monoisotopic (exact) mass is 508 g/mol. The maximum Gasteiger partial charge on any atom is 0.192 e. The Labute approximate surface area is 215 Å². The maximum absolute atomic E-state index is 6.64. The third kappa shape index (κ3) is 5.65. The van der Waals surface area contributed by atoms with E-state index in [-0.39, 0.29) is 17.2 Å². The topological polar surface area (TPSA) is 56.4 Å². The van der Waals surface area contributed by atoms with E-state index < -0.39 is 14.6 Å². The number of aromatic amines is 1. The highest BCUT2D eigenvalue weighted by atomic mass is 32.1. The highest BCUT2D eigenvalue weighted by Gasteiger charge is 2.43. The summed E-state index contributed by atoms with van der Waals surface area (Å²) in [7, 11) is -0.281. The predicted molar refractivity (Wildman–Crippen MR) is 148 cm³/mol. The maximum atomic E-state index is 6.64. The summed E-state index contributed by atoms with van der Waals surface area (Å²) in [5, 5.41) is 0.118. The number of ether oxygens (including phenoxy) is 2. The third-order valence-corrected chi connectivity index (χ3v) is 12.1. The molecule has 35 heavy (non-hydrogen) atoms. The molecule has 1 N–H and O–H groups in total. The van der Waals surface area contributed by atoms with E-state index in [1.54, 1.807) is 7.11 Å². The summed E-state index contributed by atoms with van der Waals surface area (Å²) in [6.07, 6.45) is 0.759. The summed E-state index contributed by atoms with van der Waals surface area (Å²) < 4.78 is 18.7. The number of aromatic nitrogens is 2. The lowest BCUT2D eigenvalue weighted by Crippen LogP contribution is -2.51. The minimum atomic E-state index is -1.95. The first-order valence-corrected chi connectivity index (χ1v) is 15.5. The number of nitrogens with one attached hydrogen (secondary N) is 1. The number of nitrogens with zero attached hydrogens (tertiary/aromatic N) is 1. The van der Waals surface area contributed by atoms with E-state index in [0.29, 0.717) is 10.7 Å². The van der Waals surface area contributed by atoms with Crippen LogP contribution in [-0.2, 0) is 13.9 Å². The summed E-state index contributed by atoms with van der Waals surface area (Å²) in [5.74, 6) is 0.668. The number of imidazole rings is 1. The van der Waals surface area contributed by atoms with Crippen molar-refractivity contribution >= 4 is 25.4 Å². The Hall–Kier alpha value is -2.16. The Morgan fingerprint density at radius 3 is 2.17 bits per heavy atom. The van der Waals surface area contributed by atoms with Gasteiger partial charge in [0, 0.05) is 18.2 Å². The highest BCUT2D eigenvalue weighted by Crippen LogP contribution is 2.40. The smallest absolute Gasteiger partial charge is 0.192 e. The van der Waals surface area contributed by atoms with Crippen LogP contribution in [0.4, 0.5) is 0 Å². The second-order valence-electron chi connectivity index (χ2n) is 10.6.